The van der Waals surface area contributed by atoms with Gasteiger partial charge in [0.25, 0.3) is 0 Å². The molecule has 122 valence electrons. The van der Waals surface area contributed by atoms with Gasteiger partial charge in [0.15, 0.2) is 0 Å². The molecular formula is C18H28N2O2. The van der Waals surface area contributed by atoms with Crippen LogP contribution in [0.15, 0.2) is 24.4 Å². The summed E-state index contributed by atoms with van der Waals surface area (Å²) < 4.78 is 11.2. The first-order valence-corrected chi connectivity index (χ1v) is 8.35. The van der Waals surface area contributed by atoms with E-state index in [9.17, 15) is 0 Å². The van der Waals surface area contributed by atoms with Crippen LogP contribution in [0.4, 0.5) is 0 Å². The SMILES string of the molecule is CCOCCCCCCOc1ccc2[nH]cc(CCN)c2c1. The van der Waals surface area contributed by atoms with Crippen molar-refractivity contribution in [2.45, 2.75) is 39.0 Å². The predicted octanol–water partition coefficient (Wildman–Crippen LogP) is 3.64. The predicted molar refractivity (Wildman–Crippen MR) is 91.5 cm³/mol. The standard InChI is InChI=1S/C18H28N2O2/c1-2-21-11-5-3-4-6-12-22-16-7-8-18-17(13-16)15(9-10-19)14-20-18/h7-8,13-14,20H,2-6,9-12,19H2,1H3. The number of hydrogen-bond donors (Lipinski definition) is 2. The number of H-pyrrole nitrogens is 1. The first-order valence-electron chi connectivity index (χ1n) is 8.35. The summed E-state index contributed by atoms with van der Waals surface area (Å²) in [4.78, 5) is 3.28. The van der Waals surface area contributed by atoms with E-state index < -0.39 is 0 Å². The third kappa shape index (κ3) is 5.04. The Morgan fingerprint density at radius 3 is 2.68 bits per heavy atom. The number of aromatic amines is 1. The molecular weight excluding hydrogens is 276 g/mol. The van der Waals surface area contributed by atoms with Crippen molar-refractivity contribution in [2.24, 2.45) is 5.73 Å². The normalized spacial score (nSPS) is 11.2. The van der Waals surface area contributed by atoms with E-state index in [2.05, 4.69) is 17.1 Å². The van der Waals surface area contributed by atoms with Gasteiger partial charge in [0, 0.05) is 30.3 Å². The molecule has 1 heterocycles. The Bertz CT molecular complexity index is 551. The number of hydrogen-bond acceptors (Lipinski definition) is 3. The summed E-state index contributed by atoms with van der Waals surface area (Å²) in [5.74, 6) is 0.944. The van der Waals surface area contributed by atoms with Crippen molar-refractivity contribution in [1.82, 2.24) is 4.98 Å². The van der Waals surface area contributed by atoms with Crippen LogP contribution in [-0.2, 0) is 11.2 Å². The summed E-state index contributed by atoms with van der Waals surface area (Å²) in [6.07, 6.45) is 7.57. The topological polar surface area (TPSA) is 60.3 Å². The summed E-state index contributed by atoms with van der Waals surface area (Å²) in [5, 5.41) is 1.22. The lowest BCUT2D eigenvalue weighted by molar-refractivity contribution is 0.142. The van der Waals surface area contributed by atoms with Crippen molar-refractivity contribution in [2.75, 3.05) is 26.4 Å². The highest BCUT2D eigenvalue weighted by Gasteiger charge is 2.04. The summed E-state index contributed by atoms with van der Waals surface area (Å²) in [5.41, 5.74) is 8.06. The van der Waals surface area contributed by atoms with Gasteiger partial charge in [0.05, 0.1) is 6.61 Å². The number of aromatic nitrogens is 1. The molecule has 0 aliphatic heterocycles. The average molecular weight is 304 g/mol. The molecule has 1 aromatic heterocycles. The van der Waals surface area contributed by atoms with Crippen LogP contribution in [-0.4, -0.2) is 31.3 Å². The minimum absolute atomic E-state index is 0.666. The Hall–Kier alpha value is -1.52. The highest BCUT2D eigenvalue weighted by atomic mass is 16.5. The summed E-state index contributed by atoms with van der Waals surface area (Å²) in [6.45, 7) is 5.17. The molecule has 0 bridgehead atoms. The van der Waals surface area contributed by atoms with Crippen LogP contribution in [0.5, 0.6) is 5.75 Å². The zero-order chi connectivity index (χ0) is 15.6. The number of nitrogens with one attached hydrogen (secondary N) is 1. The Kier molecular flexibility index (Phi) is 7.26. The van der Waals surface area contributed by atoms with E-state index in [4.69, 9.17) is 15.2 Å². The van der Waals surface area contributed by atoms with E-state index in [0.717, 1.165) is 50.3 Å². The van der Waals surface area contributed by atoms with Crippen LogP contribution in [0.1, 0.15) is 38.2 Å². The molecule has 0 radical (unpaired) electrons. The molecule has 2 rings (SSSR count). The van der Waals surface area contributed by atoms with Gasteiger partial charge in [-0.1, -0.05) is 6.42 Å². The van der Waals surface area contributed by atoms with Crippen LogP contribution >= 0.6 is 0 Å². The van der Waals surface area contributed by atoms with E-state index in [1.54, 1.807) is 0 Å². The van der Waals surface area contributed by atoms with E-state index in [0.29, 0.717) is 6.54 Å². The number of nitrogens with two attached hydrogens (primary N) is 1. The lowest BCUT2D eigenvalue weighted by atomic mass is 10.1. The van der Waals surface area contributed by atoms with Crippen molar-refractivity contribution >= 4 is 10.9 Å². The zero-order valence-corrected chi connectivity index (χ0v) is 13.6. The summed E-state index contributed by atoms with van der Waals surface area (Å²) in [7, 11) is 0. The lowest BCUT2D eigenvalue weighted by Gasteiger charge is -2.07. The molecule has 4 nitrogen and oxygen atoms in total. The van der Waals surface area contributed by atoms with E-state index in [1.165, 1.54) is 23.8 Å². The minimum Gasteiger partial charge on any atom is -0.494 e. The second kappa shape index (κ2) is 9.49. The Morgan fingerprint density at radius 1 is 1.09 bits per heavy atom. The number of ether oxygens (including phenoxy) is 2. The second-order valence-corrected chi connectivity index (χ2v) is 5.52. The van der Waals surface area contributed by atoms with Crippen LogP contribution in [0.25, 0.3) is 10.9 Å². The van der Waals surface area contributed by atoms with Gasteiger partial charge in [-0.2, -0.15) is 0 Å². The van der Waals surface area contributed by atoms with Crippen molar-refractivity contribution in [3.63, 3.8) is 0 Å². The Balaban J connectivity index is 1.73. The van der Waals surface area contributed by atoms with Crippen molar-refractivity contribution in [1.29, 1.82) is 0 Å². The van der Waals surface area contributed by atoms with E-state index in [-0.39, 0.29) is 0 Å². The van der Waals surface area contributed by atoms with Gasteiger partial charge in [0.1, 0.15) is 5.75 Å². The molecule has 0 atom stereocenters. The molecule has 0 unspecified atom stereocenters. The van der Waals surface area contributed by atoms with Crippen LogP contribution in [0, 0.1) is 0 Å². The van der Waals surface area contributed by atoms with Gasteiger partial charge in [-0.05, 0) is 62.9 Å². The first kappa shape index (κ1) is 16.8. The molecule has 22 heavy (non-hydrogen) atoms. The maximum Gasteiger partial charge on any atom is 0.120 e. The van der Waals surface area contributed by atoms with Gasteiger partial charge in [-0.3, -0.25) is 0 Å². The molecule has 2 aromatic rings. The molecule has 0 fully saturated rings. The minimum atomic E-state index is 0.666. The number of rotatable bonds is 11. The van der Waals surface area contributed by atoms with Crippen LogP contribution < -0.4 is 10.5 Å². The molecule has 0 aliphatic carbocycles. The maximum atomic E-state index is 5.87. The molecule has 1 aromatic carbocycles. The number of fused-ring (bicyclic) bond motifs is 1. The quantitative estimate of drug-likeness (QED) is 0.623. The van der Waals surface area contributed by atoms with Gasteiger partial charge >= 0.3 is 0 Å². The fourth-order valence-corrected chi connectivity index (χ4v) is 2.60. The molecule has 0 saturated heterocycles. The van der Waals surface area contributed by atoms with Gasteiger partial charge < -0.3 is 20.2 Å². The largest absolute Gasteiger partial charge is 0.494 e. The lowest BCUT2D eigenvalue weighted by Crippen LogP contribution is -2.02. The van der Waals surface area contributed by atoms with Crippen LogP contribution in [0.3, 0.4) is 0 Å². The monoisotopic (exact) mass is 304 g/mol. The average Bonchev–Trinajstić information content (AvgIpc) is 2.93. The molecule has 0 spiro atoms. The maximum absolute atomic E-state index is 5.87. The van der Waals surface area contributed by atoms with Gasteiger partial charge in [-0.25, -0.2) is 0 Å². The smallest absolute Gasteiger partial charge is 0.120 e. The van der Waals surface area contributed by atoms with Crippen LogP contribution in [0.2, 0.25) is 0 Å². The zero-order valence-electron chi connectivity index (χ0n) is 13.6. The molecule has 0 aliphatic rings. The van der Waals surface area contributed by atoms with Gasteiger partial charge in [-0.15, -0.1) is 0 Å². The van der Waals surface area contributed by atoms with Crippen molar-refractivity contribution in [3.05, 3.63) is 30.0 Å². The van der Waals surface area contributed by atoms with E-state index >= 15 is 0 Å². The highest BCUT2D eigenvalue weighted by Crippen LogP contribution is 2.24. The van der Waals surface area contributed by atoms with E-state index in [1.807, 2.05) is 19.2 Å². The third-order valence-corrected chi connectivity index (χ3v) is 3.81. The highest BCUT2D eigenvalue weighted by molar-refractivity contribution is 5.84. The Labute approximate surface area is 133 Å². The first-order chi connectivity index (χ1) is 10.8. The van der Waals surface area contributed by atoms with Gasteiger partial charge in [0.2, 0.25) is 0 Å². The number of benzene rings is 1. The summed E-state index contributed by atoms with van der Waals surface area (Å²) in [6, 6.07) is 6.22. The Morgan fingerprint density at radius 2 is 1.91 bits per heavy atom. The number of unbranched alkanes of at least 4 members (excludes halogenated alkanes) is 3. The summed E-state index contributed by atoms with van der Waals surface area (Å²) >= 11 is 0. The third-order valence-electron chi connectivity index (χ3n) is 3.81. The molecule has 0 amide bonds. The molecule has 3 N–H and O–H groups in total. The second-order valence-electron chi connectivity index (χ2n) is 5.52. The van der Waals surface area contributed by atoms with Crippen molar-refractivity contribution in [3.8, 4) is 5.75 Å². The fraction of sp³-hybridized carbons (Fsp3) is 0.556. The van der Waals surface area contributed by atoms with Crippen molar-refractivity contribution < 1.29 is 9.47 Å². The fourth-order valence-electron chi connectivity index (χ4n) is 2.60. The molecule has 4 heteroatoms. The molecule has 0 saturated carbocycles.